The van der Waals surface area contributed by atoms with Crippen LogP contribution in [0.3, 0.4) is 0 Å². The molecule has 0 saturated heterocycles. The molecule has 3 heterocycles. The second-order valence-electron chi connectivity index (χ2n) is 11.6. The van der Waals surface area contributed by atoms with Crippen LogP contribution in [0.4, 0.5) is 13.2 Å². The second-order valence-corrected chi connectivity index (χ2v) is 11.6. The van der Waals surface area contributed by atoms with Crippen LogP contribution in [-0.2, 0) is 6.18 Å². The van der Waals surface area contributed by atoms with Crippen molar-refractivity contribution < 1.29 is 13.2 Å². The van der Waals surface area contributed by atoms with Crippen LogP contribution in [0.15, 0.2) is 49.1 Å². The van der Waals surface area contributed by atoms with Gasteiger partial charge in [-0.15, -0.1) is 0 Å². The minimum absolute atomic E-state index is 0.421. The SMILES string of the molecule is CCCCC(C)CCC.CCCCCN(C)CCC.Cc1cnc2c(-c3ccnc4ccc(C(F)(F)F)cc34)cnn2c1. The predicted octanol–water partition coefficient (Wildman–Crippen LogP) is 10.4. The number of aryl methyl sites for hydroxylation is 1. The zero-order valence-corrected chi connectivity index (χ0v) is 27.3. The summed E-state index contributed by atoms with van der Waals surface area (Å²) in [6, 6.07) is 5.22. The van der Waals surface area contributed by atoms with Crippen LogP contribution in [0.1, 0.15) is 104 Å². The average Bonchev–Trinajstić information content (AvgIpc) is 3.39. The van der Waals surface area contributed by atoms with Crippen molar-refractivity contribution in [3.8, 4) is 11.1 Å². The largest absolute Gasteiger partial charge is 0.416 e. The topological polar surface area (TPSA) is 46.3 Å². The number of hydrogen-bond donors (Lipinski definition) is 0. The number of benzene rings is 1. The summed E-state index contributed by atoms with van der Waals surface area (Å²) in [5.41, 5.74) is 2.61. The van der Waals surface area contributed by atoms with Gasteiger partial charge in [-0.25, -0.2) is 9.50 Å². The monoisotopic (exact) mass is 599 g/mol. The molecule has 238 valence electrons. The highest BCUT2D eigenvalue weighted by molar-refractivity contribution is 5.97. The Morgan fingerprint density at radius 3 is 2.23 bits per heavy atom. The fraction of sp³-hybridized carbons (Fsp3) is 0.571. The fourth-order valence-corrected chi connectivity index (χ4v) is 5.03. The molecule has 0 amide bonds. The Labute approximate surface area is 256 Å². The van der Waals surface area contributed by atoms with Gasteiger partial charge in [0.1, 0.15) is 0 Å². The average molecular weight is 600 g/mol. The molecule has 0 aliphatic rings. The van der Waals surface area contributed by atoms with E-state index in [1.54, 1.807) is 29.2 Å². The van der Waals surface area contributed by atoms with E-state index in [2.05, 4.69) is 61.6 Å². The highest BCUT2D eigenvalue weighted by atomic mass is 19.4. The maximum Gasteiger partial charge on any atom is 0.416 e. The van der Waals surface area contributed by atoms with Crippen molar-refractivity contribution in [2.45, 2.75) is 106 Å². The number of halogens is 3. The summed E-state index contributed by atoms with van der Waals surface area (Å²) in [4.78, 5) is 10.9. The smallest absolute Gasteiger partial charge is 0.306 e. The van der Waals surface area contributed by atoms with E-state index in [9.17, 15) is 13.2 Å². The molecule has 4 aromatic rings. The highest BCUT2D eigenvalue weighted by Gasteiger charge is 2.30. The van der Waals surface area contributed by atoms with Gasteiger partial charge in [-0.05, 0) is 81.2 Å². The number of nitrogens with zero attached hydrogens (tertiary/aromatic N) is 5. The molecule has 0 radical (unpaired) electrons. The maximum atomic E-state index is 13.0. The lowest BCUT2D eigenvalue weighted by molar-refractivity contribution is -0.137. The summed E-state index contributed by atoms with van der Waals surface area (Å²) in [6.07, 6.45) is 14.6. The molecular weight excluding hydrogens is 547 g/mol. The summed E-state index contributed by atoms with van der Waals surface area (Å²) in [5.74, 6) is 0.968. The van der Waals surface area contributed by atoms with E-state index in [1.165, 1.54) is 76.9 Å². The maximum absolute atomic E-state index is 13.0. The molecular formula is C35H52F3N5. The Morgan fingerprint density at radius 2 is 1.58 bits per heavy atom. The van der Waals surface area contributed by atoms with Gasteiger partial charge in [-0.1, -0.05) is 79.6 Å². The molecule has 0 saturated carbocycles. The Morgan fingerprint density at radius 1 is 0.837 bits per heavy atom. The van der Waals surface area contributed by atoms with Gasteiger partial charge >= 0.3 is 6.18 Å². The fourth-order valence-electron chi connectivity index (χ4n) is 5.03. The first kappa shape index (κ1) is 36.2. The quantitative estimate of drug-likeness (QED) is 0.152. The van der Waals surface area contributed by atoms with E-state index in [4.69, 9.17) is 0 Å². The van der Waals surface area contributed by atoms with Crippen molar-refractivity contribution in [1.82, 2.24) is 24.5 Å². The molecule has 43 heavy (non-hydrogen) atoms. The Kier molecular flexibility index (Phi) is 15.7. The summed E-state index contributed by atoms with van der Waals surface area (Å²) in [6.45, 7) is 15.8. The molecule has 4 rings (SSSR count). The minimum Gasteiger partial charge on any atom is -0.306 e. The molecule has 0 bridgehead atoms. The van der Waals surface area contributed by atoms with Crippen LogP contribution in [0.2, 0.25) is 0 Å². The number of rotatable bonds is 12. The number of alkyl halides is 3. The van der Waals surface area contributed by atoms with Crippen LogP contribution < -0.4 is 0 Å². The van der Waals surface area contributed by atoms with Gasteiger partial charge in [0, 0.05) is 29.5 Å². The zero-order chi connectivity index (χ0) is 31.8. The van der Waals surface area contributed by atoms with Crippen LogP contribution in [0.5, 0.6) is 0 Å². The second kappa shape index (κ2) is 18.6. The van der Waals surface area contributed by atoms with Crippen LogP contribution in [0.25, 0.3) is 27.7 Å². The van der Waals surface area contributed by atoms with Gasteiger partial charge in [-0.3, -0.25) is 4.98 Å². The van der Waals surface area contributed by atoms with E-state index in [0.29, 0.717) is 27.7 Å². The Balaban J connectivity index is 0.000000283. The van der Waals surface area contributed by atoms with E-state index >= 15 is 0 Å². The van der Waals surface area contributed by atoms with Crippen molar-refractivity contribution >= 4 is 16.6 Å². The Bertz CT molecular complexity index is 1350. The third kappa shape index (κ3) is 11.9. The molecule has 3 aromatic heterocycles. The van der Waals surface area contributed by atoms with Crippen molar-refractivity contribution in [3.05, 3.63) is 60.2 Å². The molecule has 0 N–H and O–H groups in total. The summed E-state index contributed by atoms with van der Waals surface area (Å²) < 4.78 is 40.7. The van der Waals surface area contributed by atoms with Gasteiger partial charge in [0.25, 0.3) is 0 Å². The standard InChI is InChI=1S/C17H11F3N4.C9H21N.C9H20/c1-10-7-22-16-14(8-23-24(16)9-10)12-4-5-21-15-3-2-11(6-13(12)15)17(18,19)20;1-4-6-7-9-10(3)8-5-2;1-4-6-8-9(3)7-5-2/h2-9H,1H3;4-9H2,1-3H3;9H,4-8H2,1-3H3. The third-order valence-electron chi connectivity index (χ3n) is 7.43. The van der Waals surface area contributed by atoms with Crippen LogP contribution in [0, 0.1) is 12.8 Å². The normalized spacial score (nSPS) is 12.2. The van der Waals surface area contributed by atoms with Crippen LogP contribution >= 0.6 is 0 Å². The van der Waals surface area contributed by atoms with Gasteiger partial charge in [0.05, 0.1) is 17.3 Å². The van der Waals surface area contributed by atoms with Gasteiger partial charge < -0.3 is 4.90 Å². The lowest BCUT2D eigenvalue weighted by atomic mass is 10.00. The van der Waals surface area contributed by atoms with Gasteiger partial charge in [0.15, 0.2) is 5.65 Å². The molecule has 5 nitrogen and oxygen atoms in total. The number of unbranched alkanes of at least 4 members (excludes halogenated alkanes) is 3. The number of fused-ring (bicyclic) bond motifs is 2. The first-order chi connectivity index (χ1) is 20.5. The molecule has 1 aromatic carbocycles. The zero-order valence-electron chi connectivity index (χ0n) is 27.3. The minimum atomic E-state index is -4.41. The molecule has 1 unspecified atom stereocenters. The van der Waals surface area contributed by atoms with Crippen molar-refractivity contribution in [2.24, 2.45) is 5.92 Å². The van der Waals surface area contributed by atoms with Crippen molar-refractivity contribution in [1.29, 1.82) is 0 Å². The van der Waals surface area contributed by atoms with E-state index < -0.39 is 11.7 Å². The lowest BCUT2D eigenvalue weighted by Crippen LogP contribution is -2.20. The van der Waals surface area contributed by atoms with Crippen molar-refractivity contribution in [2.75, 3.05) is 20.1 Å². The van der Waals surface area contributed by atoms with E-state index in [0.717, 1.165) is 23.6 Å². The summed E-state index contributed by atoms with van der Waals surface area (Å²) >= 11 is 0. The van der Waals surface area contributed by atoms with E-state index in [1.807, 2.05) is 13.1 Å². The number of pyridine rings is 1. The molecule has 0 fully saturated rings. The number of hydrogen-bond acceptors (Lipinski definition) is 4. The Hall–Kier alpha value is -3.00. The van der Waals surface area contributed by atoms with Crippen molar-refractivity contribution in [3.63, 3.8) is 0 Å². The predicted molar refractivity (Wildman–Crippen MR) is 174 cm³/mol. The first-order valence-electron chi connectivity index (χ1n) is 16.0. The lowest BCUT2D eigenvalue weighted by Gasteiger charge is -2.14. The molecule has 8 heteroatoms. The summed E-state index contributed by atoms with van der Waals surface area (Å²) in [7, 11) is 2.21. The third-order valence-corrected chi connectivity index (χ3v) is 7.43. The van der Waals surface area contributed by atoms with E-state index in [-0.39, 0.29) is 0 Å². The van der Waals surface area contributed by atoms with Crippen LogP contribution in [-0.4, -0.2) is 44.6 Å². The highest BCUT2D eigenvalue weighted by Crippen LogP contribution is 2.35. The molecule has 0 aliphatic carbocycles. The molecule has 1 atom stereocenters. The van der Waals surface area contributed by atoms with Gasteiger partial charge in [0.2, 0.25) is 0 Å². The number of aromatic nitrogens is 4. The van der Waals surface area contributed by atoms with Gasteiger partial charge in [-0.2, -0.15) is 18.3 Å². The molecule has 0 aliphatic heterocycles. The first-order valence-corrected chi connectivity index (χ1v) is 16.0. The summed E-state index contributed by atoms with van der Waals surface area (Å²) in [5, 5.41) is 4.67. The molecule has 0 spiro atoms.